The van der Waals surface area contributed by atoms with E-state index >= 15 is 0 Å². The van der Waals surface area contributed by atoms with Crippen LogP contribution < -0.4 is 5.32 Å². The second-order valence-corrected chi connectivity index (χ2v) is 4.97. The molecule has 5 heteroatoms. The second-order valence-electron chi connectivity index (χ2n) is 4.97. The Morgan fingerprint density at radius 3 is 2.30 bits per heavy atom. The summed E-state index contributed by atoms with van der Waals surface area (Å²) in [4.78, 5) is 37.0. The monoisotopic (exact) mass is 274 g/mol. The maximum absolute atomic E-state index is 11.9. The molecule has 5 nitrogen and oxygen atoms in total. The number of hydrogen-bond acceptors (Lipinski definition) is 3. The fraction of sp³-hybridized carbons (Fsp3) is 0.400. The van der Waals surface area contributed by atoms with Crippen LogP contribution in [0.4, 0.5) is 0 Å². The molecule has 1 saturated heterocycles. The van der Waals surface area contributed by atoms with Crippen LogP contribution in [-0.2, 0) is 9.59 Å². The van der Waals surface area contributed by atoms with Crippen LogP contribution in [0.3, 0.4) is 0 Å². The zero-order chi connectivity index (χ0) is 14.5. The van der Waals surface area contributed by atoms with E-state index in [0.29, 0.717) is 5.56 Å². The van der Waals surface area contributed by atoms with Crippen molar-refractivity contribution < 1.29 is 14.4 Å². The highest BCUT2D eigenvalue weighted by molar-refractivity contribution is 6.43. The lowest BCUT2D eigenvalue weighted by Crippen LogP contribution is -2.41. The van der Waals surface area contributed by atoms with Gasteiger partial charge in [0.1, 0.15) is 0 Å². The van der Waals surface area contributed by atoms with Gasteiger partial charge in [0.15, 0.2) is 0 Å². The van der Waals surface area contributed by atoms with Gasteiger partial charge in [-0.1, -0.05) is 29.8 Å². The number of Topliss-reactive ketones (excluding diaryl/α,β-unsaturated/α-hetero) is 1. The van der Waals surface area contributed by atoms with Crippen molar-refractivity contribution in [2.75, 3.05) is 19.6 Å². The molecule has 1 aliphatic rings. The molecule has 0 spiro atoms. The Morgan fingerprint density at radius 2 is 1.70 bits per heavy atom. The Labute approximate surface area is 118 Å². The number of nitrogens with zero attached hydrogens (tertiary/aromatic N) is 1. The van der Waals surface area contributed by atoms with Crippen molar-refractivity contribution in [1.82, 2.24) is 10.2 Å². The number of hydrogen-bond donors (Lipinski definition) is 1. The fourth-order valence-electron chi connectivity index (χ4n) is 2.15. The molecule has 0 unspecified atom stereocenters. The summed E-state index contributed by atoms with van der Waals surface area (Å²) in [6.07, 6.45) is 2.00. The van der Waals surface area contributed by atoms with Crippen molar-refractivity contribution >= 4 is 17.6 Å². The molecule has 0 aromatic heterocycles. The minimum absolute atomic E-state index is 0.115. The van der Waals surface area contributed by atoms with Crippen LogP contribution in [0.15, 0.2) is 24.3 Å². The molecular formula is C15H18N2O3. The lowest BCUT2D eigenvalue weighted by molar-refractivity contribution is -0.131. The predicted octanol–water partition coefficient (Wildman–Crippen LogP) is 0.916. The van der Waals surface area contributed by atoms with E-state index in [1.807, 2.05) is 6.92 Å². The molecule has 20 heavy (non-hydrogen) atoms. The highest BCUT2D eigenvalue weighted by atomic mass is 16.2. The Hall–Kier alpha value is -2.17. The van der Waals surface area contributed by atoms with E-state index in [-0.39, 0.29) is 12.5 Å². The zero-order valence-corrected chi connectivity index (χ0v) is 11.5. The molecule has 0 bridgehead atoms. The molecule has 0 saturated carbocycles. The van der Waals surface area contributed by atoms with Gasteiger partial charge in [-0.3, -0.25) is 14.4 Å². The average molecular weight is 274 g/mol. The largest absolute Gasteiger partial charge is 0.341 e. The Morgan fingerprint density at radius 1 is 1.10 bits per heavy atom. The van der Waals surface area contributed by atoms with Crippen molar-refractivity contribution in [3.63, 3.8) is 0 Å². The van der Waals surface area contributed by atoms with E-state index in [1.165, 1.54) is 0 Å². The summed E-state index contributed by atoms with van der Waals surface area (Å²) < 4.78 is 0. The smallest absolute Gasteiger partial charge is 0.292 e. The second kappa shape index (κ2) is 6.32. The SMILES string of the molecule is Cc1ccc(C(=O)C(=O)NCC(=O)N2CCCC2)cc1. The third-order valence-corrected chi connectivity index (χ3v) is 3.38. The van der Waals surface area contributed by atoms with Crippen LogP contribution in [0.1, 0.15) is 28.8 Å². The normalized spacial score (nSPS) is 14.2. The Balaban J connectivity index is 1.86. The first-order valence-corrected chi connectivity index (χ1v) is 6.75. The molecule has 2 amide bonds. The maximum atomic E-state index is 11.9. The number of ketones is 1. The fourth-order valence-corrected chi connectivity index (χ4v) is 2.15. The molecule has 1 fully saturated rings. The van der Waals surface area contributed by atoms with E-state index in [0.717, 1.165) is 31.5 Å². The molecule has 0 radical (unpaired) electrons. The highest BCUT2D eigenvalue weighted by Gasteiger charge is 2.20. The third-order valence-electron chi connectivity index (χ3n) is 3.38. The van der Waals surface area contributed by atoms with Crippen LogP contribution in [0.5, 0.6) is 0 Å². The standard InChI is InChI=1S/C15H18N2O3/c1-11-4-6-12(7-5-11)14(19)15(20)16-10-13(18)17-8-2-3-9-17/h4-7H,2-3,8-10H2,1H3,(H,16,20). The summed E-state index contributed by atoms with van der Waals surface area (Å²) in [5, 5.41) is 2.39. The number of carbonyl (C=O) groups is 3. The topological polar surface area (TPSA) is 66.5 Å². The number of benzene rings is 1. The summed E-state index contributed by atoms with van der Waals surface area (Å²) >= 11 is 0. The summed E-state index contributed by atoms with van der Waals surface area (Å²) in [5.41, 5.74) is 1.35. The van der Waals surface area contributed by atoms with Crippen LogP contribution in [-0.4, -0.2) is 42.1 Å². The molecule has 0 atom stereocenters. The predicted molar refractivity (Wildman–Crippen MR) is 74.3 cm³/mol. The van der Waals surface area contributed by atoms with Gasteiger partial charge < -0.3 is 10.2 Å². The van der Waals surface area contributed by atoms with E-state index in [9.17, 15) is 14.4 Å². The highest BCUT2D eigenvalue weighted by Crippen LogP contribution is 2.07. The van der Waals surface area contributed by atoms with E-state index in [4.69, 9.17) is 0 Å². The molecule has 1 heterocycles. The average Bonchev–Trinajstić information content (AvgIpc) is 2.98. The van der Waals surface area contributed by atoms with Gasteiger partial charge in [-0.2, -0.15) is 0 Å². The van der Waals surface area contributed by atoms with Crippen molar-refractivity contribution in [3.05, 3.63) is 35.4 Å². The molecule has 1 N–H and O–H groups in total. The van der Waals surface area contributed by atoms with Gasteiger partial charge in [-0.05, 0) is 19.8 Å². The van der Waals surface area contributed by atoms with Crippen molar-refractivity contribution in [2.24, 2.45) is 0 Å². The Bertz CT molecular complexity index is 516. The molecular weight excluding hydrogens is 256 g/mol. The first kappa shape index (κ1) is 14.2. The number of nitrogens with one attached hydrogen (secondary N) is 1. The number of likely N-dealkylation sites (tertiary alicyclic amines) is 1. The van der Waals surface area contributed by atoms with E-state index < -0.39 is 11.7 Å². The zero-order valence-electron chi connectivity index (χ0n) is 11.5. The molecule has 1 aliphatic heterocycles. The van der Waals surface area contributed by atoms with Gasteiger partial charge in [0, 0.05) is 18.7 Å². The van der Waals surface area contributed by atoms with Gasteiger partial charge in [-0.15, -0.1) is 0 Å². The molecule has 1 aromatic carbocycles. The minimum atomic E-state index is -0.735. The van der Waals surface area contributed by atoms with Gasteiger partial charge in [0.2, 0.25) is 11.7 Å². The van der Waals surface area contributed by atoms with E-state index in [2.05, 4.69) is 5.32 Å². The van der Waals surface area contributed by atoms with Crippen molar-refractivity contribution in [1.29, 1.82) is 0 Å². The van der Waals surface area contributed by atoms with Gasteiger partial charge in [0.25, 0.3) is 5.91 Å². The molecule has 1 aromatic rings. The Kier molecular flexibility index (Phi) is 4.50. The van der Waals surface area contributed by atoms with Gasteiger partial charge in [0.05, 0.1) is 6.54 Å². The van der Waals surface area contributed by atoms with Gasteiger partial charge in [-0.25, -0.2) is 0 Å². The van der Waals surface area contributed by atoms with Gasteiger partial charge >= 0.3 is 0 Å². The third kappa shape index (κ3) is 3.44. The van der Waals surface area contributed by atoms with E-state index in [1.54, 1.807) is 29.2 Å². The van der Waals surface area contributed by atoms with Crippen molar-refractivity contribution in [3.8, 4) is 0 Å². The summed E-state index contributed by atoms with van der Waals surface area (Å²) in [7, 11) is 0. The summed E-state index contributed by atoms with van der Waals surface area (Å²) in [6, 6.07) is 6.77. The minimum Gasteiger partial charge on any atom is -0.341 e. The quantitative estimate of drug-likeness (QED) is 0.655. The van der Waals surface area contributed by atoms with Crippen LogP contribution in [0.25, 0.3) is 0 Å². The molecule has 2 rings (SSSR count). The van der Waals surface area contributed by atoms with Crippen LogP contribution in [0.2, 0.25) is 0 Å². The molecule has 106 valence electrons. The summed E-state index contributed by atoms with van der Waals surface area (Å²) in [6.45, 7) is 3.26. The first-order valence-electron chi connectivity index (χ1n) is 6.75. The van der Waals surface area contributed by atoms with Crippen molar-refractivity contribution in [2.45, 2.75) is 19.8 Å². The lowest BCUT2D eigenvalue weighted by atomic mass is 10.1. The number of rotatable bonds is 4. The maximum Gasteiger partial charge on any atom is 0.292 e. The number of amides is 2. The summed E-state index contributed by atoms with van der Waals surface area (Å²) in [5.74, 6) is -1.48. The van der Waals surface area contributed by atoms with Crippen LogP contribution >= 0.6 is 0 Å². The number of aryl methyl sites for hydroxylation is 1. The van der Waals surface area contributed by atoms with Crippen LogP contribution in [0, 0.1) is 6.92 Å². The lowest BCUT2D eigenvalue weighted by Gasteiger charge is -2.15. The first-order chi connectivity index (χ1) is 9.58. The molecule has 0 aliphatic carbocycles. The number of carbonyl (C=O) groups excluding carboxylic acids is 3.